The maximum Gasteiger partial charge on any atom is 0.417 e. The van der Waals surface area contributed by atoms with Gasteiger partial charge in [-0.3, -0.25) is 9.48 Å². The monoisotopic (exact) mass is 373 g/mol. The molecule has 0 saturated carbocycles. The molecule has 22 heavy (non-hydrogen) atoms. The van der Waals surface area contributed by atoms with Crippen LogP contribution in [0, 0.1) is 0 Å². The van der Waals surface area contributed by atoms with Crippen molar-refractivity contribution in [2.45, 2.75) is 12.2 Å². The predicted molar refractivity (Wildman–Crippen MR) is 76.3 cm³/mol. The molecule has 0 unspecified atom stereocenters. The summed E-state index contributed by atoms with van der Waals surface area (Å²) in [7, 11) is 0. The zero-order chi connectivity index (χ0) is 15.9. The number of benzene rings is 1. The van der Waals surface area contributed by atoms with E-state index in [4.69, 9.17) is 0 Å². The van der Waals surface area contributed by atoms with Gasteiger partial charge in [-0.05, 0) is 28.1 Å². The van der Waals surface area contributed by atoms with Crippen molar-refractivity contribution in [3.8, 4) is 0 Å². The number of rotatable bonds is 2. The second-order valence-electron chi connectivity index (χ2n) is 5.05. The Kier molecular flexibility index (Phi) is 3.72. The normalized spacial score (nSPS) is 15.7. The van der Waals surface area contributed by atoms with Crippen molar-refractivity contribution in [2.75, 3.05) is 13.1 Å². The standard InChI is InChI=1S/C14H11BrF3N3O/c15-9-5-19-21(6-9)10-7-20(8-10)13(22)11-3-1-2-4-12(11)14(16,17)18/h1-6,10H,7-8H2. The Morgan fingerprint density at radius 2 is 1.95 bits per heavy atom. The summed E-state index contributed by atoms with van der Waals surface area (Å²) < 4.78 is 41.4. The number of nitrogens with zero attached hydrogens (tertiary/aromatic N) is 3. The number of carbonyl (C=O) groups excluding carboxylic acids is 1. The quantitative estimate of drug-likeness (QED) is 0.809. The number of halogens is 4. The maximum absolute atomic E-state index is 12.9. The minimum absolute atomic E-state index is 0.00620. The number of carbonyl (C=O) groups is 1. The van der Waals surface area contributed by atoms with Gasteiger partial charge in [0, 0.05) is 19.3 Å². The average Bonchev–Trinajstić information content (AvgIpc) is 2.82. The highest BCUT2D eigenvalue weighted by Crippen LogP contribution is 2.33. The van der Waals surface area contributed by atoms with Crippen LogP contribution in [0.5, 0.6) is 0 Å². The van der Waals surface area contributed by atoms with E-state index in [1.54, 1.807) is 17.1 Å². The lowest BCUT2D eigenvalue weighted by molar-refractivity contribution is -0.138. The second kappa shape index (κ2) is 5.42. The summed E-state index contributed by atoms with van der Waals surface area (Å²) >= 11 is 3.28. The Balaban J connectivity index is 1.75. The molecule has 0 aliphatic carbocycles. The summed E-state index contributed by atoms with van der Waals surface area (Å²) in [4.78, 5) is 13.7. The molecule has 1 aliphatic rings. The summed E-state index contributed by atoms with van der Waals surface area (Å²) in [6.07, 6.45) is -1.14. The van der Waals surface area contributed by atoms with Crippen molar-refractivity contribution < 1.29 is 18.0 Å². The molecule has 0 N–H and O–H groups in total. The fourth-order valence-corrected chi connectivity index (χ4v) is 2.69. The summed E-state index contributed by atoms with van der Waals surface area (Å²) in [6, 6.07) is 4.84. The van der Waals surface area contributed by atoms with E-state index >= 15 is 0 Å². The molecule has 3 rings (SSSR count). The Morgan fingerprint density at radius 3 is 2.55 bits per heavy atom. The highest BCUT2D eigenvalue weighted by atomic mass is 79.9. The van der Waals surface area contributed by atoms with Gasteiger partial charge in [-0.15, -0.1) is 0 Å². The van der Waals surface area contributed by atoms with Crippen LogP contribution in [0.15, 0.2) is 41.1 Å². The van der Waals surface area contributed by atoms with Crippen molar-refractivity contribution in [2.24, 2.45) is 0 Å². The highest BCUT2D eigenvalue weighted by Gasteiger charge is 2.39. The largest absolute Gasteiger partial charge is 0.417 e. The van der Waals surface area contributed by atoms with Crippen LogP contribution in [-0.2, 0) is 6.18 Å². The topological polar surface area (TPSA) is 38.1 Å². The smallest absolute Gasteiger partial charge is 0.334 e. The third-order valence-electron chi connectivity index (χ3n) is 3.56. The van der Waals surface area contributed by atoms with Crippen molar-refractivity contribution in [3.05, 3.63) is 52.3 Å². The summed E-state index contributed by atoms with van der Waals surface area (Å²) in [5, 5.41) is 4.11. The van der Waals surface area contributed by atoms with Crippen molar-refractivity contribution in [1.82, 2.24) is 14.7 Å². The molecule has 116 valence electrons. The minimum Gasteiger partial charge on any atom is -0.334 e. The van der Waals surface area contributed by atoms with Crippen LogP contribution < -0.4 is 0 Å². The van der Waals surface area contributed by atoms with Gasteiger partial charge >= 0.3 is 6.18 Å². The van der Waals surface area contributed by atoms with E-state index in [2.05, 4.69) is 21.0 Å². The van der Waals surface area contributed by atoms with Gasteiger partial charge in [0.2, 0.25) is 0 Å². The molecule has 1 aliphatic heterocycles. The first kappa shape index (κ1) is 15.1. The molecule has 1 fully saturated rings. The molecule has 1 saturated heterocycles. The lowest BCUT2D eigenvalue weighted by atomic mass is 10.0. The van der Waals surface area contributed by atoms with Crippen LogP contribution >= 0.6 is 15.9 Å². The number of alkyl halides is 3. The molecular formula is C14H11BrF3N3O. The number of amides is 1. The lowest BCUT2D eigenvalue weighted by Gasteiger charge is -2.39. The molecule has 1 aromatic carbocycles. The van der Waals surface area contributed by atoms with Crippen LogP contribution in [0.1, 0.15) is 22.0 Å². The Morgan fingerprint density at radius 1 is 1.27 bits per heavy atom. The zero-order valence-electron chi connectivity index (χ0n) is 11.2. The molecule has 8 heteroatoms. The van der Waals surface area contributed by atoms with E-state index in [0.29, 0.717) is 13.1 Å². The van der Waals surface area contributed by atoms with Gasteiger partial charge in [-0.2, -0.15) is 18.3 Å². The van der Waals surface area contributed by atoms with E-state index in [1.165, 1.54) is 23.1 Å². The first-order valence-corrected chi connectivity index (χ1v) is 7.30. The molecule has 0 spiro atoms. The van der Waals surface area contributed by atoms with E-state index in [1.807, 2.05) is 0 Å². The van der Waals surface area contributed by atoms with Crippen molar-refractivity contribution in [1.29, 1.82) is 0 Å². The Bertz CT molecular complexity index is 707. The number of aromatic nitrogens is 2. The first-order valence-electron chi connectivity index (χ1n) is 6.51. The van der Waals surface area contributed by atoms with Gasteiger partial charge in [0.05, 0.1) is 27.8 Å². The van der Waals surface area contributed by atoms with Gasteiger partial charge in [-0.25, -0.2) is 0 Å². The van der Waals surface area contributed by atoms with Crippen LogP contribution in [0.4, 0.5) is 13.2 Å². The van der Waals surface area contributed by atoms with Crippen molar-refractivity contribution >= 4 is 21.8 Å². The average molecular weight is 374 g/mol. The molecule has 2 heterocycles. The molecule has 0 bridgehead atoms. The minimum atomic E-state index is -4.54. The molecule has 1 aromatic heterocycles. The summed E-state index contributed by atoms with van der Waals surface area (Å²) in [5.74, 6) is -0.601. The first-order chi connectivity index (χ1) is 10.4. The van der Waals surface area contributed by atoms with Gasteiger partial charge in [0.15, 0.2) is 0 Å². The highest BCUT2D eigenvalue weighted by molar-refractivity contribution is 9.10. The summed E-state index contributed by atoms with van der Waals surface area (Å²) in [5.41, 5.74) is -1.21. The van der Waals surface area contributed by atoms with Crippen LogP contribution in [0.25, 0.3) is 0 Å². The number of hydrogen-bond acceptors (Lipinski definition) is 2. The molecule has 0 radical (unpaired) electrons. The second-order valence-corrected chi connectivity index (χ2v) is 5.96. The Hall–Kier alpha value is -1.83. The molecule has 0 atom stereocenters. The van der Waals surface area contributed by atoms with Crippen LogP contribution in [0.2, 0.25) is 0 Å². The molecule has 4 nitrogen and oxygen atoms in total. The maximum atomic E-state index is 12.9. The third-order valence-corrected chi connectivity index (χ3v) is 3.97. The van der Waals surface area contributed by atoms with E-state index in [0.717, 1.165) is 10.5 Å². The van der Waals surface area contributed by atoms with Gasteiger partial charge in [0.1, 0.15) is 0 Å². The summed E-state index contributed by atoms with van der Waals surface area (Å²) in [6.45, 7) is 0.693. The van der Waals surface area contributed by atoms with E-state index in [-0.39, 0.29) is 11.6 Å². The fourth-order valence-electron chi connectivity index (χ4n) is 2.39. The van der Waals surface area contributed by atoms with Gasteiger partial charge in [-0.1, -0.05) is 12.1 Å². The van der Waals surface area contributed by atoms with Crippen LogP contribution in [0.3, 0.4) is 0 Å². The number of likely N-dealkylation sites (tertiary alicyclic amines) is 1. The SMILES string of the molecule is O=C(c1ccccc1C(F)(F)F)N1CC(n2cc(Br)cn2)C1. The van der Waals surface area contributed by atoms with Gasteiger partial charge in [0.25, 0.3) is 5.91 Å². The lowest BCUT2D eigenvalue weighted by Crippen LogP contribution is -2.51. The van der Waals surface area contributed by atoms with E-state index < -0.39 is 17.6 Å². The molecular weight excluding hydrogens is 363 g/mol. The predicted octanol–water partition coefficient (Wildman–Crippen LogP) is 3.36. The van der Waals surface area contributed by atoms with Gasteiger partial charge < -0.3 is 4.90 Å². The van der Waals surface area contributed by atoms with Crippen LogP contribution in [-0.4, -0.2) is 33.7 Å². The molecule has 2 aromatic rings. The van der Waals surface area contributed by atoms with Crippen molar-refractivity contribution in [3.63, 3.8) is 0 Å². The fraction of sp³-hybridized carbons (Fsp3) is 0.286. The number of hydrogen-bond donors (Lipinski definition) is 0. The zero-order valence-corrected chi connectivity index (χ0v) is 12.8. The molecule has 1 amide bonds. The third kappa shape index (κ3) is 2.75. The van der Waals surface area contributed by atoms with E-state index in [9.17, 15) is 18.0 Å². The Labute approximate surface area is 132 Å².